The molecule has 0 spiro atoms. The van der Waals surface area contributed by atoms with Crippen LogP contribution in [0.1, 0.15) is 11.3 Å². The third-order valence-corrected chi connectivity index (χ3v) is 4.38. The van der Waals surface area contributed by atoms with Gasteiger partial charge in [0, 0.05) is 22.4 Å². The van der Waals surface area contributed by atoms with Gasteiger partial charge in [0.1, 0.15) is 6.20 Å². The summed E-state index contributed by atoms with van der Waals surface area (Å²) in [7, 11) is 2.07. The summed E-state index contributed by atoms with van der Waals surface area (Å²) in [6.07, 6.45) is 4.22. The van der Waals surface area contributed by atoms with Crippen LogP contribution < -0.4 is 20.0 Å². The molecule has 0 aromatic carbocycles. The maximum absolute atomic E-state index is 5.99. The van der Waals surface area contributed by atoms with Gasteiger partial charge in [0.2, 0.25) is 5.71 Å². The molecule has 0 unspecified atom stereocenters. The van der Waals surface area contributed by atoms with Crippen molar-refractivity contribution in [3.05, 3.63) is 52.4 Å². The molecule has 3 aromatic rings. The van der Waals surface area contributed by atoms with E-state index in [1.54, 1.807) is 0 Å². The number of hydrogen-bond donors (Lipinski definition) is 0. The van der Waals surface area contributed by atoms with Crippen LogP contribution in [0.5, 0.6) is 0 Å². The van der Waals surface area contributed by atoms with Crippen LogP contribution in [0.15, 0.2) is 34.9 Å². The second-order valence-corrected chi connectivity index (χ2v) is 6.30. The Morgan fingerprint density at radius 3 is 2.78 bits per heavy atom. The number of fused-ring (bicyclic) bond motifs is 3. The molecular weight excluding hydrogens is 285 g/mol. The van der Waals surface area contributed by atoms with Gasteiger partial charge >= 0.3 is 6.85 Å². The third kappa shape index (κ3) is 2.24. The van der Waals surface area contributed by atoms with Crippen molar-refractivity contribution in [3.8, 4) is 0 Å². The Balaban J connectivity index is 1.93. The van der Waals surface area contributed by atoms with Crippen molar-refractivity contribution in [2.45, 2.75) is 20.7 Å². The normalized spacial score (nSPS) is 13.7. The fourth-order valence-corrected chi connectivity index (χ4v) is 3.22. The van der Waals surface area contributed by atoms with Gasteiger partial charge in [-0.3, -0.25) is 4.81 Å². The summed E-state index contributed by atoms with van der Waals surface area (Å²) in [5.74, 6) is 3.38. The Hall–Kier alpha value is -2.56. The Bertz CT molecular complexity index is 1040. The van der Waals surface area contributed by atoms with Crippen molar-refractivity contribution in [1.29, 1.82) is 0 Å². The quantitative estimate of drug-likeness (QED) is 0.504. The van der Waals surface area contributed by atoms with Gasteiger partial charge in [-0.25, -0.2) is 9.55 Å². The van der Waals surface area contributed by atoms with E-state index in [0.29, 0.717) is 5.71 Å². The average molecular weight is 304 g/mol. The van der Waals surface area contributed by atoms with Crippen molar-refractivity contribution in [1.82, 2.24) is 4.98 Å². The molecule has 23 heavy (non-hydrogen) atoms. The molecule has 4 rings (SSSR count). The molecular formula is C18H19BN3O+. The van der Waals surface area contributed by atoms with Gasteiger partial charge in [0.15, 0.2) is 5.42 Å². The van der Waals surface area contributed by atoms with E-state index in [4.69, 9.17) is 4.42 Å². The number of anilines is 1. The minimum atomic E-state index is 0.249. The minimum Gasteiger partial charge on any atom is -0.434 e. The SMILES string of the molecule is CB1C=c2c(oc3nc(C)ccc23)=CN1c1ccc(C)c[n+]1C. The Morgan fingerprint density at radius 2 is 2.00 bits per heavy atom. The fourth-order valence-electron chi connectivity index (χ4n) is 3.22. The highest BCUT2D eigenvalue weighted by atomic mass is 16.3. The molecule has 0 aliphatic carbocycles. The van der Waals surface area contributed by atoms with Crippen molar-refractivity contribution < 1.29 is 8.98 Å². The lowest BCUT2D eigenvalue weighted by atomic mass is 9.61. The first-order chi connectivity index (χ1) is 11.0. The highest BCUT2D eigenvalue weighted by Gasteiger charge is 2.29. The summed E-state index contributed by atoms with van der Waals surface area (Å²) in [6.45, 7) is 6.53. The number of aromatic nitrogens is 2. The molecule has 0 amide bonds. The maximum Gasteiger partial charge on any atom is 0.402 e. The van der Waals surface area contributed by atoms with Crippen LogP contribution in [0.3, 0.4) is 0 Å². The minimum absolute atomic E-state index is 0.249. The van der Waals surface area contributed by atoms with E-state index < -0.39 is 0 Å². The number of aryl methyl sites for hydroxylation is 3. The standard InChI is InChI=1S/C18H19BN3O/c1-12-5-8-17(21(4)10-12)22-11-16-15(9-19(22)3)14-7-6-13(2)20-18(14)23-16/h5-11H,1-4H3/q+1. The van der Waals surface area contributed by atoms with E-state index in [1.807, 2.05) is 13.0 Å². The summed E-state index contributed by atoms with van der Waals surface area (Å²) < 4.78 is 8.13. The Kier molecular flexibility index (Phi) is 3.05. The lowest BCUT2D eigenvalue weighted by Crippen LogP contribution is -2.47. The van der Waals surface area contributed by atoms with Crippen molar-refractivity contribution in [2.75, 3.05) is 4.81 Å². The lowest BCUT2D eigenvalue weighted by Gasteiger charge is -2.18. The molecule has 0 radical (unpaired) electrons. The van der Waals surface area contributed by atoms with Crippen LogP contribution >= 0.6 is 0 Å². The van der Waals surface area contributed by atoms with Crippen LogP contribution in [0, 0.1) is 13.8 Å². The van der Waals surface area contributed by atoms with Gasteiger partial charge in [-0.05, 0) is 44.4 Å². The number of nitrogens with zero attached hydrogens (tertiary/aromatic N) is 3. The summed E-state index contributed by atoms with van der Waals surface area (Å²) in [4.78, 5) is 6.74. The van der Waals surface area contributed by atoms with Gasteiger partial charge in [-0.2, -0.15) is 0 Å². The summed E-state index contributed by atoms with van der Waals surface area (Å²) in [5.41, 5.74) is 3.80. The predicted octanol–water partition coefficient (Wildman–Crippen LogP) is 1.47. The van der Waals surface area contributed by atoms with Gasteiger partial charge < -0.3 is 4.42 Å². The first kappa shape index (κ1) is 14.1. The van der Waals surface area contributed by atoms with Gasteiger partial charge in [-0.1, -0.05) is 5.98 Å². The van der Waals surface area contributed by atoms with Crippen LogP contribution in [-0.4, -0.2) is 11.8 Å². The maximum atomic E-state index is 5.99. The molecule has 4 nitrogen and oxygen atoms in total. The van der Waals surface area contributed by atoms with E-state index in [2.05, 4.69) is 71.7 Å². The zero-order valence-corrected chi connectivity index (χ0v) is 13.9. The first-order valence-corrected chi connectivity index (χ1v) is 7.87. The Labute approximate surface area is 135 Å². The summed E-state index contributed by atoms with van der Waals surface area (Å²) in [5, 5.41) is 2.23. The largest absolute Gasteiger partial charge is 0.434 e. The zero-order valence-electron chi connectivity index (χ0n) is 13.9. The smallest absolute Gasteiger partial charge is 0.402 e. The van der Waals surface area contributed by atoms with Crippen molar-refractivity contribution in [2.24, 2.45) is 7.05 Å². The van der Waals surface area contributed by atoms with Gasteiger partial charge in [-0.15, -0.1) is 0 Å². The van der Waals surface area contributed by atoms with E-state index in [0.717, 1.165) is 27.5 Å². The van der Waals surface area contributed by atoms with Crippen LogP contribution in [0.2, 0.25) is 6.82 Å². The topological polar surface area (TPSA) is 33.2 Å². The summed E-state index contributed by atoms with van der Waals surface area (Å²) >= 11 is 0. The Morgan fingerprint density at radius 1 is 1.17 bits per heavy atom. The number of hydrogen-bond acceptors (Lipinski definition) is 3. The molecule has 0 saturated carbocycles. The molecule has 3 aromatic heterocycles. The van der Waals surface area contributed by atoms with Gasteiger partial charge in [0.25, 0.3) is 5.82 Å². The number of pyridine rings is 2. The van der Waals surface area contributed by atoms with E-state index in [1.165, 1.54) is 5.56 Å². The van der Waals surface area contributed by atoms with Crippen LogP contribution in [-0.2, 0) is 7.05 Å². The number of rotatable bonds is 1. The highest BCUT2D eigenvalue weighted by molar-refractivity contribution is 6.77. The molecule has 114 valence electrons. The third-order valence-electron chi connectivity index (χ3n) is 4.38. The molecule has 1 aliphatic rings. The van der Waals surface area contributed by atoms with Crippen LogP contribution in [0.25, 0.3) is 23.3 Å². The van der Waals surface area contributed by atoms with E-state index >= 15 is 0 Å². The molecule has 0 saturated heterocycles. The average Bonchev–Trinajstić information content (AvgIpc) is 2.83. The number of furan rings is 1. The van der Waals surface area contributed by atoms with Gasteiger partial charge in [0.05, 0.1) is 13.2 Å². The molecule has 1 aliphatic heterocycles. The molecule has 4 heterocycles. The van der Waals surface area contributed by atoms with Crippen molar-refractivity contribution >= 4 is 35.9 Å². The molecule has 0 atom stereocenters. The molecule has 0 bridgehead atoms. The molecule has 0 fully saturated rings. The second kappa shape index (κ2) is 4.98. The highest BCUT2D eigenvalue weighted by Crippen LogP contribution is 2.15. The predicted molar refractivity (Wildman–Crippen MR) is 93.4 cm³/mol. The van der Waals surface area contributed by atoms with Crippen LogP contribution in [0.4, 0.5) is 5.82 Å². The van der Waals surface area contributed by atoms with Crippen molar-refractivity contribution in [3.63, 3.8) is 0 Å². The van der Waals surface area contributed by atoms with E-state index in [-0.39, 0.29) is 6.85 Å². The molecule has 5 heteroatoms. The lowest BCUT2D eigenvalue weighted by molar-refractivity contribution is -0.658. The fraction of sp³-hybridized carbons (Fsp3) is 0.222. The van der Waals surface area contributed by atoms with E-state index in [9.17, 15) is 0 Å². The monoisotopic (exact) mass is 304 g/mol. The summed E-state index contributed by atoms with van der Waals surface area (Å²) in [6, 6.07) is 8.41. The zero-order chi connectivity index (χ0) is 16.1. The second-order valence-electron chi connectivity index (χ2n) is 6.30. The first-order valence-electron chi connectivity index (χ1n) is 7.87. The molecule has 0 N–H and O–H groups in total.